The number of carbonyl (C=O) groups is 2. The number of thioether (sulfide) groups is 1. The van der Waals surface area contributed by atoms with Crippen LogP contribution in [0.1, 0.15) is 16.8 Å². The standard InChI is InChI=1S/C12H15NO4S/c1-18-9-4-2-8(3-5-9)11(15)13-7-6-10(14)12(16)17/h2-5,10,14H,6-7H2,1H3,(H,13,15)(H,16,17). The van der Waals surface area contributed by atoms with Crippen LogP contribution in [0.3, 0.4) is 0 Å². The fourth-order valence-corrected chi connectivity index (χ4v) is 1.70. The van der Waals surface area contributed by atoms with Crippen molar-refractivity contribution in [3.63, 3.8) is 0 Å². The fourth-order valence-electron chi connectivity index (χ4n) is 1.29. The highest BCUT2D eigenvalue weighted by molar-refractivity contribution is 7.98. The van der Waals surface area contributed by atoms with Crippen LogP contribution >= 0.6 is 11.8 Å². The molecule has 0 heterocycles. The Morgan fingerprint density at radius 2 is 1.94 bits per heavy atom. The number of carboxylic acids is 1. The van der Waals surface area contributed by atoms with Crippen molar-refractivity contribution in [3.05, 3.63) is 29.8 Å². The van der Waals surface area contributed by atoms with Crippen molar-refractivity contribution in [2.45, 2.75) is 17.4 Å². The van der Waals surface area contributed by atoms with Gasteiger partial charge in [-0.2, -0.15) is 0 Å². The Balaban J connectivity index is 2.42. The predicted molar refractivity (Wildman–Crippen MR) is 68.8 cm³/mol. The molecule has 1 atom stereocenters. The molecule has 0 saturated carbocycles. The maximum absolute atomic E-state index is 11.6. The lowest BCUT2D eigenvalue weighted by atomic mass is 10.2. The summed E-state index contributed by atoms with van der Waals surface area (Å²) in [5, 5.41) is 20.0. The Morgan fingerprint density at radius 1 is 1.33 bits per heavy atom. The summed E-state index contributed by atoms with van der Waals surface area (Å²) in [6.07, 6.45) is 0.496. The van der Waals surface area contributed by atoms with Crippen LogP contribution in [-0.4, -0.2) is 41.0 Å². The number of aliphatic hydroxyl groups excluding tert-OH is 1. The molecule has 0 spiro atoms. The summed E-state index contributed by atoms with van der Waals surface area (Å²) in [5.74, 6) is -1.56. The van der Waals surface area contributed by atoms with E-state index in [0.29, 0.717) is 5.56 Å². The SMILES string of the molecule is CSc1ccc(C(=O)NCCC(O)C(=O)O)cc1. The third kappa shape index (κ3) is 4.38. The zero-order valence-corrected chi connectivity index (χ0v) is 10.7. The Hall–Kier alpha value is -1.53. The van der Waals surface area contributed by atoms with Gasteiger partial charge in [0.2, 0.25) is 0 Å². The van der Waals surface area contributed by atoms with E-state index in [4.69, 9.17) is 10.2 Å². The van der Waals surface area contributed by atoms with Gasteiger partial charge in [0.05, 0.1) is 0 Å². The van der Waals surface area contributed by atoms with Crippen LogP contribution in [0.5, 0.6) is 0 Å². The molecule has 5 nitrogen and oxygen atoms in total. The van der Waals surface area contributed by atoms with E-state index in [9.17, 15) is 9.59 Å². The van der Waals surface area contributed by atoms with Crippen LogP contribution in [0, 0.1) is 0 Å². The highest BCUT2D eigenvalue weighted by Crippen LogP contribution is 2.14. The second kappa shape index (κ2) is 7.03. The first kappa shape index (κ1) is 14.5. The van der Waals surface area contributed by atoms with Crippen LogP contribution in [0.25, 0.3) is 0 Å². The van der Waals surface area contributed by atoms with Gasteiger partial charge in [-0.05, 0) is 30.5 Å². The van der Waals surface area contributed by atoms with Gasteiger partial charge in [-0.15, -0.1) is 11.8 Å². The summed E-state index contributed by atoms with van der Waals surface area (Å²) in [5.41, 5.74) is 0.512. The highest BCUT2D eigenvalue weighted by atomic mass is 32.2. The molecular weight excluding hydrogens is 254 g/mol. The van der Waals surface area contributed by atoms with Crippen LogP contribution in [-0.2, 0) is 4.79 Å². The second-order valence-electron chi connectivity index (χ2n) is 3.63. The molecule has 0 radical (unpaired) electrons. The summed E-state index contributed by atoms with van der Waals surface area (Å²) in [7, 11) is 0. The molecular formula is C12H15NO4S. The largest absolute Gasteiger partial charge is 0.479 e. The lowest BCUT2D eigenvalue weighted by Crippen LogP contribution is -2.30. The molecule has 0 fully saturated rings. The predicted octanol–water partition coefficient (Wildman–Crippen LogP) is 0.974. The quantitative estimate of drug-likeness (QED) is 0.670. The zero-order valence-electron chi connectivity index (χ0n) is 9.92. The minimum Gasteiger partial charge on any atom is -0.479 e. The van der Waals surface area contributed by atoms with Gasteiger partial charge in [0, 0.05) is 23.4 Å². The molecule has 1 aromatic rings. The van der Waals surface area contributed by atoms with Crippen molar-refractivity contribution in [3.8, 4) is 0 Å². The Labute approximate surface area is 109 Å². The molecule has 3 N–H and O–H groups in total. The molecule has 0 aliphatic heterocycles. The number of rotatable bonds is 6. The van der Waals surface area contributed by atoms with E-state index >= 15 is 0 Å². The van der Waals surface area contributed by atoms with Crippen molar-refractivity contribution in [1.29, 1.82) is 0 Å². The highest BCUT2D eigenvalue weighted by Gasteiger charge is 2.13. The van der Waals surface area contributed by atoms with Crippen LogP contribution in [0.4, 0.5) is 0 Å². The first-order valence-electron chi connectivity index (χ1n) is 5.37. The van der Waals surface area contributed by atoms with E-state index in [1.807, 2.05) is 18.4 Å². The second-order valence-corrected chi connectivity index (χ2v) is 4.51. The smallest absolute Gasteiger partial charge is 0.332 e. The number of aliphatic hydroxyl groups is 1. The van der Waals surface area contributed by atoms with Crippen molar-refractivity contribution >= 4 is 23.6 Å². The third-order valence-corrected chi connectivity index (χ3v) is 3.08. The maximum Gasteiger partial charge on any atom is 0.332 e. The lowest BCUT2D eigenvalue weighted by Gasteiger charge is -2.07. The van der Waals surface area contributed by atoms with Crippen molar-refractivity contribution in [1.82, 2.24) is 5.32 Å². The molecule has 98 valence electrons. The number of amides is 1. The van der Waals surface area contributed by atoms with E-state index in [1.165, 1.54) is 0 Å². The Bertz CT molecular complexity index is 419. The van der Waals surface area contributed by atoms with Gasteiger partial charge < -0.3 is 15.5 Å². The van der Waals surface area contributed by atoms with Crippen molar-refractivity contribution < 1.29 is 19.8 Å². The van der Waals surface area contributed by atoms with Crippen LogP contribution in [0.15, 0.2) is 29.2 Å². The lowest BCUT2D eigenvalue weighted by molar-refractivity contribution is -0.146. The van der Waals surface area contributed by atoms with Gasteiger partial charge in [-0.1, -0.05) is 0 Å². The van der Waals surface area contributed by atoms with Gasteiger partial charge >= 0.3 is 5.97 Å². The zero-order chi connectivity index (χ0) is 13.5. The van der Waals surface area contributed by atoms with Crippen LogP contribution < -0.4 is 5.32 Å². The summed E-state index contributed by atoms with van der Waals surface area (Å²) >= 11 is 1.58. The maximum atomic E-state index is 11.6. The van der Waals surface area contributed by atoms with E-state index in [0.717, 1.165) is 4.90 Å². The van der Waals surface area contributed by atoms with E-state index in [1.54, 1.807) is 23.9 Å². The molecule has 0 saturated heterocycles. The van der Waals surface area contributed by atoms with E-state index in [-0.39, 0.29) is 18.9 Å². The van der Waals surface area contributed by atoms with Crippen molar-refractivity contribution in [2.24, 2.45) is 0 Å². The normalized spacial score (nSPS) is 11.9. The fraction of sp³-hybridized carbons (Fsp3) is 0.333. The molecule has 0 aliphatic rings. The third-order valence-electron chi connectivity index (χ3n) is 2.34. The van der Waals surface area contributed by atoms with Gasteiger partial charge in [0.1, 0.15) is 0 Å². The minimum atomic E-state index is -1.44. The number of hydrogen-bond acceptors (Lipinski definition) is 4. The molecule has 6 heteroatoms. The van der Waals surface area contributed by atoms with Gasteiger partial charge in [-0.3, -0.25) is 4.79 Å². The molecule has 18 heavy (non-hydrogen) atoms. The summed E-state index contributed by atoms with van der Waals surface area (Å²) in [6, 6.07) is 7.08. The molecule has 0 bridgehead atoms. The monoisotopic (exact) mass is 269 g/mol. The summed E-state index contributed by atoms with van der Waals surface area (Å²) in [4.78, 5) is 23.1. The number of carbonyl (C=O) groups excluding carboxylic acids is 1. The average molecular weight is 269 g/mol. The number of hydrogen-bond donors (Lipinski definition) is 3. The number of benzene rings is 1. The summed E-state index contributed by atoms with van der Waals surface area (Å²) < 4.78 is 0. The van der Waals surface area contributed by atoms with Gasteiger partial charge in [0.15, 0.2) is 6.10 Å². The molecule has 0 aromatic heterocycles. The van der Waals surface area contributed by atoms with Crippen LogP contribution in [0.2, 0.25) is 0 Å². The Morgan fingerprint density at radius 3 is 2.44 bits per heavy atom. The van der Waals surface area contributed by atoms with Gasteiger partial charge in [0.25, 0.3) is 5.91 Å². The first-order chi connectivity index (χ1) is 8.54. The minimum absolute atomic E-state index is 0.00995. The average Bonchev–Trinajstić information content (AvgIpc) is 2.38. The number of nitrogens with one attached hydrogen (secondary N) is 1. The summed E-state index contributed by atoms with van der Waals surface area (Å²) in [6.45, 7) is 0.122. The van der Waals surface area contributed by atoms with Crippen molar-refractivity contribution in [2.75, 3.05) is 12.8 Å². The number of carboxylic acid groups (broad SMARTS) is 1. The number of aliphatic carboxylic acids is 1. The molecule has 1 aromatic carbocycles. The first-order valence-corrected chi connectivity index (χ1v) is 6.60. The van der Waals surface area contributed by atoms with E-state index in [2.05, 4.69) is 5.32 Å². The molecule has 0 aliphatic carbocycles. The van der Waals surface area contributed by atoms with E-state index < -0.39 is 12.1 Å². The molecule has 1 amide bonds. The topological polar surface area (TPSA) is 86.6 Å². The molecule has 1 rings (SSSR count). The molecule has 1 unspecified atom stereocenters. The van der Waals surface area contributed by atoms with Gasteiger partial charge in [-0.25, -0.2) is 4.79 Å². The Kier molecular flexibility index (Phi) is 5.67.